The number of hydrazone groups is 1. The van der Waals surface area contributed by atoms with Crippen molar-refractivity contribution >= 4 is 18.1 Å². The topological polar surface area (TPSA) is 86.2 Å². The number of nitrogens with one attached hydrogen (secondary N) is 1. The Balaban J connectivity index is 1.58. The first-order chi connectivity index (χ1) is 15.5. The molecule has 0 unspecified atom stereocenters. The minimum Gasteiger partial charge on any atom is -0.493 e. The molecule has 3 aromatic rings. The second-order valence-electron chi connectivity index (χ2n) is 6.66. The van der Waals surface area contributed by atoms with Crippen LogP contribution < -0.4 is 19.6 Å². The van der Waals surface area contributed by atoms with Gasteiger partial charge >= 0.3 is 5.97 Å². The number of aryl methyl sites for hydroxylation is 1. The zero-order chi connectivity index (χ0) is 22.9. The van der Waals surface area contributed by atoms with Crippen molar-refractivity contribution in [3.05, 3.63) is 89.2 Å². The fraction of sp³-hybridized carbons (Fsp3) is 0.125. The number of hydrogen-bond donors (Lipinski definition) is 1. The van der Waals surface area contributed by atoms with Gasteiger partial charge in [0.25, 0.3) is 5.91 Å². The molecule has 0 radical (unpaired) electrons. The number of rotatable bonds is 8. The highest BCUT2D eigenvalue weighted by atomic mass is 19.1. The van der Waals surface area contributed by atoms with E-state index >= 15 is 0 Å². The minimum atomic E-state index is -0.717. The van der Waals surface area contributed by atoms with Gasteiger partial charge in [-0.2, -0.15) is 5.10 Å². The van der Waals surface area contributed by atoms with Crippen LogP contribution in [0.2, 0.25) is 0 Å². The molecule has 0 spiro atoms. The van der Waals surface area contributed by atoms with Gasteiger partial charge in [-0.1, -0.05) is 24.3 Å². The zero-order valence-corrected chi connectivity index (χ0v) is 17.5. The standard InChI is InChI=1S/C24H21FN2O5/c1-16-6-3-4-9-20(16)31-15-23(28)27-26-14-17-10-11-21(22(12-17)30-2)32-24(29)18-7-5-8-19(25)13-18/h3-14H,15H2,1-2H3,(H,27,28). The molecular weight excluding hydrogens is 415 g/mol. The molecular formula is C24H21FN2O5. The van der Waals surface area contributed by atoms with Gasteiger partial charge in [-0.15, -0.1) is 0 Å². The van der Waals surface area contributed by atoms with Gasteiger partial charge in [0, 0.05) is 0 Å². The van der Waals surface area contributed by atoms with Gasteiger partial charge in [-0.3, -0.25) is 4.79 Å². The van der Waals surface area contributed by atoms with E-state index in [1.165, 1.54) is 37.6 Å². The lowest BCUT2D eigenvalue weighted by Crippen LogP contribution is -2.24. The summed E-state index contributed by atoms with van der Waals surface area (Å²) >= 11 is 0. The number of amides is 1. The number of methoxy groups -OCH3 is 1. The number of ether oxygens (including phenoxy) is 3. The Morgan fingerprint density at radius 2 is 1.81 bits per heavy atom. The molecule has 0 bridgehead atoms. The van der Waals surface area contributed by atoms with Crippen molar-refractivity contribution in [2.45, 2.75) is 6.92 Å². The first kappa shape index (κ1) is 22.5. The number of carbonyl (C=O) groups is 2. The molecule has 7 nitrogen and oxygen atoms in total. The van der Waals surface area contributed by atoms with E-state index in [1.807, 2.05) is 25.1 Å². The van der Waals surface area contributed by atoms with Crippen LogP contribution in [0.4, 0.5) is 4.39 Å². The maximum atomic E-state index is 13.3. The SMILES string of the molecule is COc1cc(C=NNC(=O)COc2ccccc2C)ccc1OC(=O)c1cccc(F)c1. The molecule has 0 atom stereocenters. The van der Waals surface area contributed by atoms with Crippen LogP contribution in [0.5, 0.6) is 17.2 Å². The summed E-state index contributed by atoms with van der Waals surface area (Å²) in [6.45, 7) is 1.71. The molecule has 1 amide bonds. The second kappa shape index (κ2) is 10.7. The summed E-state index contributed by atoms with van der Waals surface area (Å²) in [6, 6.07) is 17.3. The highest BCUT2D eigenvalue weighted by molar-refractivity contribution is 5.91. The molecule has 164 valence electrons. The Morgan fingerprint density at radius 1 is 1.00 bits per heavy atom. The van der Waals surface area contributed by atoms with E-state index in [9.17, 15) is 14.0 Å². The van der Waals surface area contributed by atoms with Gasteiger partial charge in [-0.25, -0.2) is 14.6 Å². The third kappa shape index (κ3) is 6.15. The molecule has 0 aliphatic rings. The molecule has 0 fully saturated rings. The van der Waals surface area contributed by atoms with Gasteiger partial charge in [0.2, 0.25) is 0 Å². The van der Waals surface area contributed by atoms with Gasteiger partial charge < -0.3 is 14.2 Å². The maximum Gasteiger partial charge on any atom is 0.343 e. The molecule has 0 saturated carbocycles. The number of carbonyl (C=O) groups excluding carboxylic acids is 2. The average Bonchev–Trinajstić information content (AvgIpc) is 2.79. The number of nitrogens with zero attached hydrogens (tertiary/aromatic N) is 1. The average molecular weight is 436 g/mol. The molecule has 0 aromatic heterocycles. The summed E-state index contributed by atoms with van der Waals surface area (Å²) in [5, 5.41) is 3.89. The van der Waals surface area contributed by atoms with E-state index in [0.717, 1.165) is 11.6 Å². The molecule has 0 aliphatic carbocycles. The summed E-state index contributed by atoms with van der Waals surface area (Å²) in [5.41, 5.74) is 3.97. The van der Waals surface area contributed by atoms with Crippen LogP contribution in [0.1, 0.15) is 21.5 Å². The number of halogens is 1. The minimum absolute atomic E-state index is 0.0771. The van der Waals surface area contributed by atoms with E-state index in [0.29, 0.717) is 11.3 Å². The van der Waals surface area contributed by atoms with Crippen molar-refractivity contribution in [3.63, 3.8) is 0 Å². The van der Waals surface area contributed by atoms with Crippen molar-refractivity contribution in [2.24, 2.45) is 5.10 Å². The predicted octanol–water partition coefficient (Wildman–Crippen LogP) is 3.89. The summed E-state index contributed by atoms with van der Waals surface area (Å²) < 4.78 is 29.3. The smallest absolute Gasteiger partial charge is 0.343 e. The third-order valence-electron chi connectivity index (χ3n) is 4.31. The van der Waals surface area contributed by atoms with Crippen LogP contribution in [0, 0.1) is 12.7 Å². The number of para-hydroxylation sites is 1. The highest BCUT2D eigenvalue weighted by Gasteiger charge is 2.13. The molecule has 0 saturated heterocycles. The van der Waals surface area contributed by atoms with Crippen LogP contribution in [0.25, 0.3) is 0 Å². The quantitative estimate of drug-likeness (QED) is 0.251. The normalized spacial score (nSPS) is 10.6. The van der Waals surface area contributed by atoms with Crippen LogP contribution in [-0.4, -0.2) is 31.8 Å². The lowest BCUT2D eigenvalue weighted by Gasteiger charge is -2.10. The lowest BCUT2D eigenvalue weighted by molar-refractivity contribution is -0.123. The fourth-order valence-corrected chi connectivity index (χ4v) is 2.70. The molecule has 32 heavy (non-hydrogen) atoms. The Labute approximate surface area is 184 Å². The van der Waals surface area contributed by atoms with E-state index in [4.69, 9.17) is 14.2 Å². The van der Waals surface area contributed by atoms with E-state index in [2.05, 4.69) is 10.5 Å². The van der Waals surface area contributed by atoms with Crippen LogP contribution in [-0.2, 0) is 4.79 Å². The Kier molecular flexibility index (Phi) is 7.53. The van der Waals surface area contributed by atoms with Gasteiger partial charge in [0.15, 0.2) is 18.1 Å². The van der Waals surface area contributed by atoms with Crippen LogP contribution in [0.15, 0.2) is 71.8 Å². The Hall–Kier alpha value is -4.20. The molecule has 3 rings (SSSR count). The monoisotopic (exact) mass is 436 g/mol. The van der Waals surface area contributed by atoms with Gasteiger partial charge in [-0.05, 0) is 60.5 Å². The Bertz CT molecular complexity index is 1150. The predicted molar refractivity (Wildman–Crippen MR) is 117 cm³/mol. The fourth-order valence-electron chi connectivity index (χ4n) is 2.70. The van der Waals surface area contributed by atoms with Gasteiger partial charge in [0.05, 0.1) is 18.9 Å². The molecule has 8 heteroatoms. The number of benzene rings is 3. The summed E-state index contributed by atoms with van der Waals surface area (Å²) in [4.78, 5) is 24.1. The van der Waals surface area contributed by atoms with Crippen molar-refractivity contribution < 1.29 is 28.2 Å². The summed E-state index contributed by atoms with van der Waals surface area (Å²) in [6.07, 6.45) is 1.41. The van der Waals surface area contributed by atoms with Crippen molar-refractivity contribution in [3.8, 4) is 17.2 Å². The molecule has 1 N–H and O–H groups in total. The van der Waals surface area contributed by atoms with Crippen molar-refractivity contribution in [1.29, 1.82) is 0 Å². The second-order valence-corrected chi connectivity index (χ2v) is 6.66. The van der Waals surface area contributed by atoms with Crippen LogP contribution >= 0.6 is 0 Å². The molecule has 0 aliphatic heterocycles. The van der Waals surface area contributed by atoms with E-state index < -0.39 is 17.7 Å². The third-order valence-corrected chi connectivity index (χ3v) is 4.31. The first-order valence-electron chi connectivity index (χ1n) is 9.62. The van der Waals surface area contributed by atoms with Gasteiger partial charge in [0.1, 0.15) is 11.6 Å². The highest BCUT2D eigenvalue weighted by Crippen LogP contribution is 2.28. The van der Waals surface area contributed by atoms with E-state index in [-0.39, 0.29) is 23.7 Å². The van der Waals surface area contributed by atoms with E-state index in [1.54, 1.807) is 18.2 Å². The summed E-state index contributed by atoms with van der Waals surface area (Å²) in [7, 11) is 1.42. The largest absolute Gasteiger partial charge is 0.493 e. The molecule has 0 heterocycles. The van der Waals surface area contributed by atoms with Crippen LogP contribution in [0.3, 0.4) is 0 Å². The van der Waals surface area contributed by atoms with Crippen molar-refractivity contribution in [1.82, 2.24) is 5.43 Å². The molecule has 3 aromatic carbocycles. The maximum absolute atomic E-state index is 13.3. The Morgan fingerprint density at radius 3 is 2.56 bits per heavy atom. The lowest BCUT2D eigenvalue weighted by atomic mass is 10.2. The first-order valence-corrected chi connectivity index (χ1v) is 9.62. The number of esters is 1. The van der Waals surface area contributed by atoms with Crippen molar-refractivity contribution in [2.75, 3.05) is 13.7 Å². The number of hydrogen-bond acceptors (Lipinski definition) is 6. The zero-order valence-electron chi connectivity index (χ0n) is 17.5. The summed E-state index contributed by atoms with van der Waals surface area (Å²) in [5.74, 6) is -0.617.